The van der Waals surface area contributed by atoms with Gasteiger partial charge in [0.25, 0.3) is 0 Å². The number of ether oxygens (including phenoxy) is 1. The van der Waals surface area contributed by atoms with Gasteiger partial charge in [0.15, 0.2) is 5.17 Å². The molecule has 1 aliphatic carbocycles. The molecular formula is C13H24N2O2S. The highest BCUT2D eigenvalue weighted by molar-refractivity contribution is 8.14. The van der Waals surface area contributed by atoms with Gasteiger partial charge >= 0.3 is 5.97 Å². The normalized spacial score (nSPS) is 28.1. The van der Waals surface area contributed by atoms with Gasteiger partial charge in [-0.3, -0.25) is 10.2 Å². The lowest BCUT2D eigenvalue weighted by Crippen LogP contribution is -2.36. The summed E-state index contributed by atoms with van der Waals surface area (Å²) in [5.41, 5.74) is 5.21. The second kappa shape index (κ2) is 7.02. The Morgan fingerprint density at radius 3 is 2.72 bits per heavy atom. The van der Waals surface area contributed by atoms with Gasteiger partial charge in [-0.2, -0.15) is 0 Å². The van der Waals surface area contributed by atoms with E-state index in [9.17, 15) is 4.79 Å². The summed E-state index contributed by atoms with van der Waals surface area (Å²) < 4.78 is 5.57. The number of thioether (sulfide) groups is 1. The lowest BCUT2D eigenvalue weighted by molar-refractivity contribution is -0.152. The first kappa shape index (κ1) is 15.3. The summed E-state index contributed by atoms with van der Waals surface area (Å²) in [6.07, 6.45) is 3.35. The Morgan fingerprint density at radius 2 is 2.17 bits per heavy atom. The van der Waals surface area contributed by atoms with Gasteiger partial charge in [-0.1, -0.05) is 39.0 Å². The van der Waals surface area contributed by atoms with Crippen LogP contribution in [0.25, 0.3) is 0 Å². The van der Waals surface area contributed by atoms with Crippen LogP contribution in [-0.2, 0) is 9.53 Å². The minimum Gasteiger partial charge on any atom is -0.461 e. The van der Waals surface area contributed by atoms with Crippen molar-refractivity contribution in [2.24, 2.45) is 23.5 Å². The van der Waals surface area contributed by atoms with Crippen LogP contribution in [0.5, 0.6) is 0 Å². The van der Waals surface area contributed by atoms with Crippen LogP contribution in [-0.4, -0.2) is 23.0 Å². The Balaban J connectivity index is 2.49. The summed E-state index contributed by atoms with van der Waals surface area (Å²) in [6, 6.07) is 0. The minimum atomic E-state index is -0.250. The first-order valence-corrected chi connectivity index (χ1v) is 7.55. The number of hydrogen-bond donors (Lipinski definition) is 2. The summed E-state index contributed by atoms with van der Waals surface area (Å²) in [5, 5.41) is 7.04. The van der Waals surface area contributed by atoms with Gasteiger partial charge in [-0.15, -0.1) is 0 Å². The van der Waals surface area contributed by atoms with E-state index in [1.54, 1.807) is 0 Å². The first-order chi connectivity index (χ1) is 8.40. The number of amidine groups is 1. The molecule has 1 rings (SSSR count). The SMILES string of the molecule is CC1CCC(C(C)C)C(OC(=O)CSC(=N)N)C1. The van der Waals surface area contributed by atoms with E-state index < -0.39 is 0 Å². The average Bonchev–Trinajstić information content (AvgIpc) is 2.26. The maximum atomic E-state index is 11.7. The highest BCUT2D eigenvalue weighted by Gasteiger charge is 2.33. The highest BCUT2D eigenvalue weighted by atomic mass is 32.2. The number of hydrogen-bond acceptors (Lipinski definition) is 4. The third-order valence-corrected chi connectivity index (χ3v) is 4.28. The van der Waals surface area contributed by atoms with Crippen molar-refractivity contribution in [1.29, 1.82) is 5.41 Å². The smallest absolute Gasteiger partial charge is 0.316 e. The van der Waals surface area contributed by atoms with E-state index in [0.717, 1.165) is 24.6 Å². The van der Waals surface area contributed by atoms with Crippen molar-refractivity contribution in [2.75, 3.05) is 5.75 Å². The largest absolute Gasteiger partial charge is 0.461 e. The quantitative estimate of drug-likeness (QED) is 0.468. The topological polar surface area (TPSA) is 76.2 Å². The third kappa shape index (κ3) is 4.88. The van der Waals surface area contributed by atoms with Crippen LogP contribution < -0.4 is 5.73 Å². The highest BCUT2D eigenvalue weighted by Crippen LogP contribution is 2.35. The molecule has 0 aliphatic heterocycles. The van der Waals surface area contributed by atoms with E-state index in [0.29, 0.717) is 17.8 Å². The van der Waals surface area contributed by atoms with E-state index in [1.165, 1.54) is 6.42 Å². The second-order valence-electron chi connectivity index (χ2n) is 5.51. The Hall–Kier alpha value is -0.710. The standard InChI is InChI=1S/C13H24N2O2S/c1-8(2)10-5-4-9(3)6-11(10)17-12(16)7-18-13(14)15/h8-11H,4-7H2,1-3H3,(H3,14,15). The van der Waals surface area contributed by atoms with Gasteiger partial charge in [0, 0.05) is 0 Å². The van der Waals surface area contributed by atoms with Crippen LogP contribution in [0.3, 0.4) is 0 Å². The lowest BCUT2D eigenvalue weighted by Gasteiger charge is -2.36. The molecule has 0 amide bonds. The number of nitrogens with two attached hydrogens (primary N) is 1. The Labute approximate surface area is 114 Å². The van der Waals surface area contributed by atoms with Gasteiger partial charge in [-0.05, 0) is 30.6 Å². The molecule has 0 radical (unpaired) electrons. The zero-order valence-corrected chi connectivity index (χ0v) is 12.3. The molecule has 0 spiro atoms. The maximum absolute atomic E-state index is 11.7. The fourth-order valence-electron chi connectivity index (χ4n) is 2.59. The van der Waals surface area contributed by atoms with E-state index >= 15 is 0 Å². The molecule has 3 atom stereocenters. The molecule has 104 valence electrons. The van der Waals surface area contributed by atoms with Gasteiger partial charge in [0.1, 0.15) is 6.10 Å². The van der Waals surface area contributed by atoms with E-state index in [-0.39, 0.29) is 23.0 Å². The van der Waals surface area contributed by atoms with Crippen LogP contribution in [0.1, 0.15) is 40.0 Å². The monoisotopic (exact) mass is 272 g/mol. The summed E-state index contributed by atoms with van der Waals surface area (Å²) in [5.74, 6) is 1.52. The number of esters is 1. The van der Waals surface area contributed by atoms with Gasteiger partial charge in [0.05, 0.1) is 5.75 Å². The molecule has 0 aromatic carbocycles. The molecule has 0 heterocycles. The van der Waals surface area contributed by atoms with Crippen LogP contribution >= 0.6 is 11.8 Å². The van der Waals surface area contributed by atoms with E-state index in [2.05, 4.69) is 20.8 Å². The number of carbonyl (C=O) groups is 1. The molecule has 3 N–H and O–H groups in total. The molecule has 4 nitrogen and oxygen atoms in total. The van der Waals surface area contributed by atoms with Crippen molar-refractivity contribution in [2.45, 2.75) is 46.1 Å². The first-order valence-electron chi connectivity index (χ1n) is 6.56. The maximum Gasteiger partial charge on any atom is 0.316 e. The van der Waals surface area contributed by atoms with Crippen molar-refractivity contribution in [3.8, 4) is 0 Å². The second-order valence-corrected chi connectivity index (χ2v) is 6.52. The molecule has 1 aliphatic rings. The molecule has 0 aromatic heterocycles. The Kier molecular flexibility index (Phi) is 5.99. The number of rotatable bonds is 4. The molecular weight excluding hydrogens is 248 g/mol. The molecule has 0 bridgehead atoms. The van der Waals surface area contributed by atoms with Crippen LogP contribution in [0.15, 0.2) is 0 Å². The fourth-order valence-corrected chi connectivity index (χ4v) is 2.93. The molecule has 1 fully saturated rings. The zero-order valence-electron chi connectivity index (χ0n) is 11.4. The fraction of sp³-hybridized carbons (Fsp3) is 0.846. The van der Waals surface area contributed by atoms with Gasteiger partial charge < -0.3 is 10.5 Å². The van der Waals surface area contributed by atoms with Crippen LogP contribution in [0.2, 0.25) is 0 Å². The Bertz CT molecular complexity index is 307. The molecule has 5 heteroatoms. The predicted molar refractivity (Wildman–Crippen MR) is 75.6 cm³/mol. The van der Waals surface area contributed by atoms with Crippen molar-refractivity contribution in [3.63, 3.8) is 0 Å². The summed E-state index contributed by atoms with van der Waals surface area (Å²) in [4.78, 5) is 11.7. The Morgan fingerprint density at radius 1 is 1.50 bits per heavy atom. The summed E-state index contributed by atoms with van der Waals surface area (Å²) in [7, 11) is 0. The lowest BCUT2D eigenvalue weighted by atomic mass is 9.75. The molecule has 0 saturated heterocycles. The van der Waals surface area contributed by atoms with Gasteiger partial charge in [0.2, 0.25) is 0 Å². The third-order valence-electron chi connectivity index (χ3n) is 3.59. The van der Waals surface area contributed by atoms with E-state index in [4.69, 9.17) is 15.9 Å². The summed E-state index contributed by atoms with van der Waals surface area (Å²) in [6.45, 7) is 6.58. The zero-order chi connectivity index (χ0) is 13.7. The van der Waals surface area contributed by atoms with Crippen molar-refractivity contribution in [3.05, 3.63) is 0 Å². The summed E-state index contributed by atoms with van der Waals surface area (Å²) >= 11 is 1.02. The van der Waals surface area contributed by atoms with Gasteiger partial charge in [-0.25, -0.2) is 0 Å². The van der Waals surface area contributed by atoms with Crippen LogP contribution in [0.4, 0.5) is 0 Å². The molecule has 1 saturated carbocycles. The average molecular weight is 272 g/mol. The van der Waals surface area contributed by atoms with Crippen molar-refractivity contribution in [1.82, 2.24) is 0 Å². The predicted octanol–water partition coefficient (Wildman–Crippen LogP) is 2.62. The molecule has 18 heavy (non-hydrogen) atoms. The number of carbonyl (C=O) groups excluding carboxylic acids is 1. The minimum absolute atomic E-state index is 0.0359. The molecule has 0 aromatic rings. The van der Waals surface area contributed by atoms with Crippen molar-refractivity contribution >= 4 is 22.9 Å². The van der Waals surface area contributed by atoms with E-state index in [1.807, 2.05) is 0 Å². The van der Waals surface area contributed by atoms with Crippen LogP contribution in [0, 0.1) is 23.2 Å². The van der Waals surface area contributed by atoms with Crippen molar-refractivity contribution < 1.29 is 9.53 Å². The number of nitrogens with one attached hydrogen (secondary N) is 1. The molecule has 3 unspecified atom stereocenters.